The third-order valence-electron chi connectivity index (χ3n) is 5.94. The van der Waals surface area contributed by atoms with E-state index >= 15 is 0 Å². The molecule has 9 heteroatoms. The van der Waals surface area contributed by atoms with Crippen LogP contribution < -0.4 is 9.62 Å². The molecular formula is C26H36BrN3O4S. The summed E-state index contributed by atoms with van der Waals surface area (Å²) in [5.41, 5.74) is 2.30. The van der Waals surface area contributed by atoms with Crippen molar-refractivity contribution in [3.05, 3.63) is 64.1 Å². The van der Waals surface area contributed by atoms with Crippen molar-refractivity contribution in [3.8, 4) is 0 Å². The standard InChI is InChI=1S/C26H36BrN3O4S/c1-7-19(4)28-26(32)20(5)29(16-21-9-8-10-23(27)15-21)25(31)17-30(35(6,33)34)24-13-11-22(12-14-24)18(2)3/h8-15,18-20H,7,16-17H2,1-6H3,(H,28,32)/t19-,20-/m0/s1. The number of nitrogens with zero attached hydrogens (tertiary/aromatic N) is 2. The average Bonchev–Trinajstić information content (AvgIpc) is 2.79. The molecule has 0 aromatic heterocycles. The summed E-state index contributed by atoms with van der Waals surface area (Å²) in [5.74, 6) is -0.451. The number of carbonyl (C=O) groups excluding carboxylic acids is 2. The number of amides is 2. The zero-order valence-electron chi connectivity index (χ0n) is 21.3. The molecule has 0 fully saturated rings. The number of benzene rings is 2. The molecule has 1 N–H and O–H groups in total. The second kappa shape index (κ2) is 12.5. The van der Waals surface area contributed by atoms with Crippen molar-refractivity contribution in [1.29, 1.82) is 0 Å². The first-order valence-electron chi connectivity index (χ1n) is 11.7. The molecule has 0 aliphatic rings. The molecule has 0 aliphatic carbocycles. The van der Waals surface area contributed by atoms with Gasteiger partial charge in [-0.15, -0.1) is 0 Å². The fourth-order valence-electron chi connectivity index (χ4n) is 3.52. The van der Waals surface area contributed by atoms with E-state index in [1.807, 2.05) is 50.2 Å². The van der Waals surface area contributed by atoms with Crippen LogP contribution in [-0.2, 0) is 26.2 Å². The number of halogens is 1. The van der Waals surface area contributed by atoms with Crippen LogP contribution in [0.3, 0.4) is 0 Å². The Bertz CT molecular complexity index is 1120. The predicted molar refractivity (Wildman–Crippen MR) is 145 cm³/mol. The van der Waals surface area contributed by atoms with Crippen LogP contribution in [-0.4, -0.2) is 50.0 Å². The zero-order valence-corrected chi connectivity index (χ0v) is 23.7. The van der Waals surface area contributed by atoms with E-state index < -0.39 is 28.5 Å². The Morgan fingerprint density at radius 1 is 1.03 bits per heavy atom. The van der Waals surface area contributed by atoms with Gasteiger partial charge in [-0.1, -0.05) is 61.0 Å². The summed E-state index contributed by atoms with van der Waals surface area (Å²) in [7, 11) is -3.75. The molecule has 2 amide bonds. The van der Waals surface area contributed by atoms with Crippen LogP contribution in [0.15, 0.2) is 53.0 Å². The van der Waals surface area contributed by atoms with Gasteiger partial charge in [-0.3, -0.25) is 13.9 Å². The Balaban J connectivity index is 2.38. The Morgan fingerprint density at radius 2 is 1.66 bits per heavy atom. The molecule has 2 aromatic carbocycles. The molecule has 0 radical (unpaired) electrons. The Hall–Kier alpha value is -2.39. The fraction of sp³-hybridized carbons (Fsp3) is 0.462. The molecule has 35 heavy (non-hydrogen) atoms. The van der Waals surface area contributed by atoms with Crippen LogP contribution in [0, 0.1) is 0 Å². The molecule has 0 heterocycles. The van der Waals surface area contributed by atoms with Crippen LogP contribution in [0.1, 0.15) is 58.1 Å². The van der Waals surface area contributed by atoms with Gasteiger partial charge in [-0.25, -0.2) is 8.42 Å². The van der Waals surface area contributed by atoms with Gasteiger partial charge in [0.1, 0.15) is 12.6 Å². The van der Waals surface area contributed by atoms with E-state index in [4.69, 9.17) is 0 Å². The molecule has 0 saturated carbocycles. The molecule has 2 rings (SSSR count). The molecule has 0 saturated heterocycles. The summed E-state index contributed by atoms with van der Waals surface area (Å²) in [6.07, 6.45) is 1.83. The van der Waals surface area contributed by atoms with Crippen LogP contribution in [0.5, 0.6) is 0 Å². The van der Waals surface area contributed by atoms with E-state index in [2.05, 4.69) is 35.1 Å². The second-order valence-corrected chi connectivity index (χ2v) is 12.0. The highest BCUT2D eigenvalue weighted by Crippen LogP contribution is 2.23. The Labute approximate surface area is 218 Å². The molecule has 0 aliphatic heterocycles. The van der Waals surface area contributed by atoms with Crippen molar-refractivity contribution < 1.29 is 18.0 Å². The van der Waals surface area contributed by atoms with Crippen molar-refractivity contribution in [2.24, 2.45) is 0 Å². The minimum atomic E-state index is -3.75. The van der Waals surface area contributed by atoms with Crippen molar-refractivity contribution >= 4 is 43.5 Å². The highest BCUT2D eigenvalue weighted by Gasteiger charge is 2.30. The number of hydrogen-bond donors (Lipinski definition) is 1. The number of hydrogen-bond acceptors (Lipinski definition) is 4. The van der Waals surface area contributed by atoms with Crippen molar-refractivity contribution in [3.63, 3.8) is 0 Å². The van der Waals surface area contributed by atoms with Gasteiger partial charge in [-0.2, -0.15) is 0 Å². The highest BCUT2D eigenvalue weighted by atomic mass is 79.9. The lowest BCUT2D eigenvalue weighted by Crippen LogP contribution is -2.52. The van der Waals surface area contributed by atoms with Crippen LogP contribution in [0.25, 0.3) is 0 Å². The van der Waals surface area contributed by atoms with Crippen molar-refractivity contribution in [1.82, 2.24) is 10.2 Å². The van der Waals surface area contributed by atoms with E-state index in [9.17, 15) is 18.0 Å². The second-order valence-electron chi connectivity index (χ2n) is 9.16. The third-order valence-corrected chi connectivity index (χ3v) is 7.57. The van der Waals surface area contributed by atoms with E-state index in [0.717, 1.165) is 32.6 Å². The molecule has 192 valence electrons. The molecule has 0 bridgehead atoms. The van der Waals surface area contributed by atoms with Gasteiger partial charge in [-0.05, 0) is 61.6 Å². The maximum absolute atomic E-state index is 13.6. The third kappa shape index (κ3) is 8.35. The predicted octanol–water partition coefficient (Wildman–Crippen LogP) is 4.67. The summed E-state index contributed by atoms with van der Waals surface area (Å²) in [6, 6.07) is 13.8. The Morgan fingerprint density at radius 3 is 2.17 bits per heavy atom. The first-order chi connectivity index (χ1) is 16.3. The molecule has 0 spiro atoms. The quantitative estimate of drug-likeness (QED) is 0.429. The minimum absolute atomic E-state index is 0.0419. The summed E-state index contributed by atoms with van der Waals surface area (Å²) in [6.45, 7) is 9.39. The average molecular weight is 567 g/mol. The number of sulfonamides is 1. The maximum Gasteiger partial charge on any atom is 0.244 e. The number of rotatable bonds is 11. The Kier molecular flexibility index (Phi) is 10.3. The van der Waals surface area contributed by atoms with Gasteiger partial charge < -0.3 is 10.2 Å². The van der Waals surface area contributed by atoms with E-state index in [-0.39, 0.29) is 18.5 Å². The lowest BCUT2D eigenvalue weighted by molar-refractivity contribution is -0.139. The van der Waals surface area contributed by atoms with Crippen LogP contribution >= 0.6 is 15.9 Å². The van der Waals surface area contributed by atoms with Crippen LogP contribution in [0.2, 0.25) is 0 Å². The summed E-state index contributed by atoms with van der Waals surface area (Å²) < 4.78 is 27.3. The van der Waals surface area contributed by atoms with Gasteiger partial charge in [0.15, 0.2) is 0 Å². The smallest absolute Gasteiger partial charge is 0.244 e. The van der Waals surface area contributed by atoms with E-state index in [1.165, 1.54) is 4.90 Å². The first-order valence-corrected chi connectivity index (χ1v) is 14.4. The van der Waals surface area contributed by atoms with Crippen molar-refractivity contribution in [2.45, 2.75) is 65.6 Å². The molecular weight excluding hydrogens is 530 g/mol. The number of anilines is 1. The van der Waals surface area contributed by atoms with Gasteiger partial charge in [0.05, 0.1) is 11.9 Å². The summed E-state index contributed by atoms with van der Waals surface area (Å²) in [4.78, 5) is 27.9. The minimum Gasteiger partial charge on any atom is -0.352 e. The lowest BCUT2D eigenvalue weighted by Gasteiger charge is -2.32. The molecule has 7 nitrogen and oxygen atoms in total. The zero-order chi connectivity index (χ0) is 26.3. The lowest BCUT2D eigenvalue weighted by atomic mass is 10.0. The summed E-state index contributed by atoms with van der Waals surface area (Å²) >= 11 is 3.44. The van der Waals surface area contributed by atoms with Crippen molar-refractivity contribution in [2.75, 3.05) is 17.1 Å². The SMILES string of the molecule is CC[C@H](C)NC(=O)[C@H](C)N(Cc1cccc(Br)c1)C(=O)CN(c1ccc(C(C)C)cc1)S(C)(=O)=O. The molecule has 0 unspecified atom stereocenters. The van der Waals surface area contributed by atoms with Crippen LogP contribution in [0.4, 0.5) is 5.69 Å². The number of carbonyl (C=O) groups is 2. The summed E-state index contributed by atoms with van der Waals surface area (Å²) in [5, 5.41) is 2.92. The largest absolute Gasteiger partial charge is 0.352 e. The fourth-order valence-corrected chi connectivity index (χ4v) is 4.82. The molecule has 2 atom stereocenters. The van der Waals surface area contributed by atoms with E-state index in [1.54, 1.807) is 19.1 Å². The monoisotopic (exact) mass is 565 g/mol. The molecule has 2 aromatic rings. The topological polar surface area (TPSA) is 86.8 Å². The number of nitrogens with one attached hydrogen (secondary N) is 1. The first kappa shape index (κ1) is 28.8. The van der Waals surface area contributed by atoms with Gasteiger partial charge in [0.2, 0.25) is 21.8 Å². The maximum atomic E-state index is 13.6. The van der Waals surface area contributed by atoms with Gasteiger partial charge >= 0.3 is 0 Å². The van der Waals surface area contributed by atoms with E-state index in [0.29, 0.717) is 11.6 Å². The normalized spacial score (nSPS) is 13.3. The highest BCUT2D eigenvalue weighted by molar-refractivity contribution is 9.10. The van der Waals surface area contributed by atoms with Gasteiger partial charge in [0.25, 0.3) is 0 Å². The van der Waals surface area contributed by atoms with Gasteiger partial charge in [0, 0.05) is 17.1 Å².